The zero-order valence-corrected chi connectivity index (χ0v) is 9.20. The summed E-state index contributed by atoms with van der Waals surface area (Å²) in [5.74, 6) is 0.713. The molecule has 1 aromatic carbocycles. The molecule has 0 spiro atoms. The summed E-state index contributed by atoms with van der Waals surface area (Å²) in [6.45, 7) is 0. The minimum atomic E-state index is 0.713. The van der Waals surface area contributed by atoms with Crippen LogP contribution in [0.2, 0.25) is 5.02 Å². The van der Waals surface area contributed by atoms with E-state index in [2.05, 4.69) is 5.10 Å². The Morgan fingerprint density at radius 1 is 1.33 bits per heavy atom. The van der Waals surface area contributed by atoms with E-state index in [-0.39, 0.29) is 0 Å². The molecule has 0 saturated heterocycles. The number of aromatic nitrogens is 2. The standard InChI is InChI=1S/C11H12ClN3/c1-15-11(13)9(7-14-15)6-8-2-4-10(12)5-3-8/h2-5,7H,6,13H2,1H3. The highest BCUT2D eigenvalue weighted by atomic mass is 35.5. The minimum absolute atomic E-state index is 0.713. The van der Waals surface area contributed by atoms with E-state index in [1.165, 1.54) is 5.56 Å². The Hall–Kier alpha value is -1.48. The van der Waals surface area contributed by atoms with E-state index < -0.39 is 0 Å². The van der Waals surface area contributed by atoms with E-state index in [0.717, 1.165) is 17.0 Å². The predicted molar refractivity (Wildman–Crippen MR) is 61.9 cm³/mol. The molecular formula is C11H12ClN3. The number of nitrogens with two attached hydrogens (primary N) is 1. The number of benzene rings is 1. The molecule has 0 aliphatic heterocycles. The fourth-order valence-electron chi connectivity index (χ4n) is 1.45. The molecule has 2 N–H and O–H groups in total. The van der Waals surface area contributed by atoms with Crippen molar-refractivity contribution in [3.05, 3.63) is 46.6 Å². The van der Waals surface area contributed by atoms with Crippen LogP contribution in [0.1, 0.15) is 11.1 Å². The highest BCUT2D eigenvalue weighted by molar-refractivity contribution is 6.30. The van der Waals surface area contributed by atoms with Crippen molar-refractivity contribution in [2.75, 3.05) is 5.73 Å². The summed E-state index contributed by atoms with van der Waals surface area (Å²) in [5, 5.41) is 4.84. The average molecular weight is 222 g/mol. The molecule has 0 unspecified atom stereocenters. The molecule has 4 heteroatoms. The van der Waals surface area contributed by atoms with Gasteiger partial charge in [0.05, 0.1) is 6.20 Å². The number of halogens is 1. The number of nitrogens with zero attached hydrogens (tertiary/aromatic N) is 2. The summed E-state index contributed by atoms with van der Waals surface area (Å²) in [7, 11) is 1.83. The molecule has 2 aromatic rings. The van der Waals surface area contributed by atoms with Crippen LogP contribution in [-0.2, 0) is 13.5 Å². The van der Waals surface area contributed by atoms with Crippen molar-refractivity contribution in [3.8, 4) is 0 Å². The number of rotatable bonds is 2. The first kappa shape index (κ1) is 10.1. The molecule has 0 aliphatic rings. The molecule has 0 atom stereocenters. The SMILES string of the molecule is Cn1ncc(Cc2ccc(Cl)cc2)c1N. The topological polar surface area (TPSA) is 43.8 Å². The van der Waals surface area contributed by atoms with Crippen molar-refractivity contribution in [3.63, 3.8) is 0 Å². The van der Waals surface area contributed by atoms with Crippen LogP contribution in [0, 0.1) is 0 Å². The molecule has 0 bridgehead atoms. The normalized spacial score (nSPS) is 10.5. The second kappa shape index (κ2) is 3.95. The van der Waals surface area contributed by atoms with Crippen LogP contribution >= 0.6 is 11.6 Å². The van der Waals surface area contributed by atoms with E-state index in [4.69, 9.17) is 17.3 Å². The number of anilines is 1. The first-order valence-corrected chi connectivity index (χ1v) is 5.05. The van der Waals surface area contributed by atoms with Gasteiger partial charge in [0.15, 0.2) is 0 Å². The quantitative estimate of drug-likeness (QED) is 0.846. The van der Waals surface area contributed by atoms with Crippen LogP contribution in [0.5, 0.6) is 0 Å². The molecule has 2 rings (SSSR count). The summed E-state index contributed by atoms with van der Waals surface area (Å²) in [6, 6.07) is 7.75. The summed E-state index contributed by atoms with van der Waals surface area (Å²) < 4.78 is 1.67. The van der Waals surface area contributed by atoms with Gasteiger partial charge in [0.1, 0.15) is 5.82 Å². The zero-order valence-electron chi connectivity index (χ0n) is 8.44. The lowest BCUT2D eigenvalue weighted by atomic mass is 10.1. The Kier molecular flexibility index (Phi) is 2.64. The fourth-order valence-corrected chi connectivity index (χ4v) is 1.58. The van der Waals surface area contributed by atoms with Crippen LogP contribution in [0.4, 0.5) is 5.82 Å². The van der Waals surface area contributed by atoms with Crippen LogP contribution in [0.15, 0.2) is 30.5 Å². The molecule has 1 aromatic heterocycles. The second-order valence-electron chi connectivity index (χ2n) is 3.48. The number of aryl methyl sites for hydroxylation is 1. The highest BCUT2D eigenvalue weighted by Crippen LogP contribution is 2.17. The molecule has 0 radical (unpaired) electrons. The van der Waals surface area contributed by atoms with Crippen LogP contribution < -0.4 is 5.73 Å². The Bertz CT molecular complexity index is 459. The lowest BCUT2D eigenvalue weighted by Gasteiger charge is -2.01. The highest BCUT2D eigenvalue weighted by Gasteiger charge is 2.05. The van der Waals surface area contributed by atoms with Gasteiger partial charge in [0, 0.05) is 24.1 Å². The summed E-state index contributed by atoms with van der Waals surface area (Å²) in [6.07, 6.45) is 2.58. The molecule has 0 saturated carbocycles. The molecule has 78 valence electrons. The van der Waals surface area contributed by atoms with Crippen molar-refractivity contribution >= 4 is 17.4 Å². The third-order valence-electron chi connectivity index (χ3n) is 2.37. The van der Waals surface area contributed by atoms with Gasteiger partial charge in [-0.05, 0) is 17.7 Å². The van der Waals surface area contributed by atoms with Gasteiger partial charge in [0.2, 0.25) is 0 Å². The number of hydrogen-bond donors (Lipinski definition) is 1. The van der Waals surface area contributed by atoms with Crippen LogP contribution in [0.25, 0.3) is 0 Å². The first-order valence-electron chi connectivity index (χ1n) is 4.67. The van der Waals surface area contributed by atoms with Gasteiger partial charge in [-0.3, -0.25) is 4.68 Å². The first-order chi connectivity index (χ1) is 7.16. The van der Waals surface area contributed by atoms with Crippen molar-refractivity contribution in [2.45, 2.75) is 6.42 Å². The third-order valence-corrected chi connectivity index (χ3v) is 2.62. The van der Waals surface area contributed by atoms with Crippen molar-refractivity contribution in [2.24, 2.45) is 7.05 Å². The maximum absolute atomic E-state index is 5.85. The van der Waals surface area contributed by atoms with E-state index in [1.807, 2.05) is 31.3 Å². The molecule has 0 amide bonds. The van der Waals surface area contributed by atoms with Crippen molar-refractivity contribution in [1.29, 1.82) is 0 Å². The van der Waals surface area contributed by atoms with Crippen molar-refractivity contribution < 1.29 is 0 Å². The summed E-state index contributed by atoms with van der Waals surface area (Å²) in [5.41, 5.74) is 8.08. The van der Waals surface area contributed by atoms with Gasteiger partial charge < -0.3 is 5.73 Å². The summed E-state index contributed by atoms with van der Waals surface area (Å²) >= 11 is 5.81. The predicted octanol–water partition coefficient (Wildman–Crippen LogP) is 2.25. The Morgan fingerprint density at radius 3 is 2.53 bits per heavy atom. The van der Waals surface area contributed by atoms with E-state index in [1.54, 1.807) is 10.9 Å². The molecule has 0 fully saturated rings. The monoisotopic (exact) mass is 221 g/mol. The van der Waals surface area contributed by atoms with Gasteiger partial charge in [-0.1, -0.05) is 23.7 Å². The number of nitrogen functional groups attached to an aromatic ring is 1. The lowest BCUT2D eigenvalue weighted by molar-refractivity contribution is 0.778. The average Bonchev–Trinajstić information content (AvgIpc) is 2.53. The molecule has 0 aliphatic carbocycles. The Labute approximate surface area is 93.5 Å². The smallest absolute Gasteiger partial charge is 0.124 e. The van der Waals surface area contributed by atoms with Gasteiger partial charge in [-0.2, -0.15) is 5.10 Å². The molecule has 1 heterocycles. The molecule has 3 nitrogen and oxygen atoms in total. The number of hydrogen-bond acceptors (Lipinski definition) is 2. The van der Waals surface area contributed by atoms with Crippen LogP contribution in [-0.4, -0.2) is 9.78 Å². The van der Waals surface area contributed by atoms with Crippen LogP contribution in [0.3, 0.4) is 0 Å². The van der Waals surface area contributed by atoms with Crippen molar-refractivity contribution in [1.82, 2.24) is 9.78 Å². The maximum atomic E-state index is 5.85. The van der Waals surface area contributed by atoms with E-state index >= 15 is 0 Å². The van der Waals surface area contributed by atoms with Gasteiger partial charge in [-0.25, -0.2) is 0 Å². The molecule has 15 heavy (non-hydrogen) atoms. The third kappa shape index (κ3) is 2.13. The van der Waals surface area contributed by atoms with E-state index in [0.29, 0.717) is 5.82 Å². The van der Waals surface area contributed by atoms with E-state index in [9.17, 15) is 0 Å². The Balaban J connectivity index is 2.22. The summed E-state index contributed by atoms with van der Waals surface area (Å²) in [4.78, 5) is 0. The Morgan fingerprint density at radius 2 is 2.00 bits per heavy atom. The minimum Gasteiger partial charge on any atom is -0.384 e. The van der Waals surface area contributed by atoms with Gasteiger partial charge in [-0.15, -0.1) is 0 Å². The van der Waals surface area contributed by atoms with Gasteiger partial charge in [0.25, 0.3) is 0 Å². The maximum Gasteiger partial charge on any atom is 0.124 e. The second-order valence-corrected chi connectivity index (χ2v) is 3.92. The zero-order chi connectivity index (χ0) is 10.8. The molecular weight excluding hydrogens is 210 g/mol. The largest absolute Gasteiger partial charge is 0.384 e. The fraction of sp³-hybridized carbons (Fsp3) is 0.182. The van der Waals surface area contributed by atoms with Gasteiger partial charge >= 0.3 is 0 Å². The lowest BCUT2D eigenvalue weighted by Crippen LogP contribution is -2.00.